The molecule has 0 fully saturated rings. The monoisotopic (exact) mass is 270 g/mol. The topological polar surface area (TPSA) is 32.3 Å². The molecule has 1 aliphatic rings. The van der Waals surface area contributed by atoms with Crippen molar-refractivity contribution in [2.45, 2.75) is 32.7 Å². The smallest absolute Gasteiger partial charge is 0.224 e. The van der Waals surface area contributed by atoms with Crippen LogP contribution in [-0.4, -0.2) is 18.5 Å². The van der Waals surface area contributed by atoms with E-state index < -0.39 is 5.82 Å². The summed E-state index contributed by atoms with van der Waals surface area (Å²) in [6.45, 7) is 4.82. The van der Waals surface area contributed by atoms with Crippen LogP contribution in [0.3, 0.4) is 0 Å². The van der Waals surface area contributed by atoms with Crippen molar-refractivity contribution in [3.63, 3.8) is 0 Å². The SMILES string of the molecule is CC(C)N1CCCC(=O)Nc2cc(Cl)c(F)cc21. The molecule has 0 unspecified atom stereocenters. The van der Waals surface area contributed by atoms with Crippen LogP contribution in [0.25, 0.3) is 0 Å². The van der Waals surface area contributed by atoms with E-state index in [0.717, 1.165) is 13.0 Å². The molecule has 5 heteroatoms. The number of hydrogen-bond donors (Lipinski definition) is 1. The number of hydrogen-bond acceptors (Lipinski definition) is 2. The summed E-state index contributed by atoms with van der Waals surface area (Å²) in [7, 11) is 0. The van der Waals surface area contributed by atoms with Crippen molar-refractivity contribution >= 4 is 28.9 Å². The van der Waals surface area contributed by atoms with Gasteiger partial charge in [-0.15, -0.1) is 0 Å². The number of amides is 1. The molecule has 2 rings (SSSR count). The second-order valence-electron chi connectivity index (χ2n) is 4.72. The third kappa shape index (κ3) is 2.58. The highest BCUT2D eigenvalue weighted by molar-refractivity contribution is 6.31. The molecule has 18 heavy (non-hydrogen) atoms. The maximum Gasteiger partial charge on any atom is 0.224 e. The zero-order valence-corrected chi connectivity index (χ0v) is 11.2. The van der Waals surface area contributed by atoms with Crippen LogP contribution in [0, 0.1) is 5.82 Å². The molecular formula is C13H16ClFN2O. The van der Waals surface area contributed by atoms with E-state index in [9.17, 15) is 9.18 Å². The van der Waals surface area contributed by atoms with Crippen LogP contribution >= 0.6 is 11.6 Å². The average molecular weight is 271 g/mol. The van der Waals surface area contributed by atoms with E-state index in [1.165, 1.54) is 12.1 Å². The van der Waals surface area contributed by atoms with Crippen molar-refractivity contribution in [3.05, 3.63) is 23.0 Å². The number of nitrogens with zero attached hydrogens (tertiary/aromatic N) is 1. The average Bonchev–Trinajstić information content (AvgIpc) is 2.27. The maximum absolute atomic E-state index is 13.6. The van der Waals surface area contributed by atoms with Gasteiger partial charge in [-0.05, 0) is 26.3 Å². The number of carbonyl (C=O) groups is 1. The zero-order chi connectivity index (χ0) is 13.3. The minimum Gasteiger partial charge on any atom is -0.367 e. The van der Waals surface area contributed by atoms with E-state index in [0.29, 0.717) is 17.8 Å². The van der Waals surface area contributed by atoms with Crippen molar-refractivity contribution in [1.29, 1.82) is 0 Å². The largest absolute Gasteiger partial charge is 0.367 e. The van der Waals surface area contributed by atoms with Crippen molar-refractivity contribution < 1.29 is 9.18 Å². The van der Waals surface area contributed by atoms with Gasteiger partial charge >= 0.3 is 0 Å². The molecule has 1 aromatic carbocycles. The molecule has 1 heterocycles. The van der Waals surface area contributed by atoms with Gasteiger partial charge < -0.3 is 10.2 Å². The Bertz CT molecular complexity index is 476. The van der Waals surface area contributed by atoms with Crippen LogP contribution in [0.2, 0.25) is 5.02 Å². The summed E-state index contributed by atoms with van der Waals surface area (Å²) in [6, 6.07) is 3.10. The number of rotatable bonds is 1. The Labute approximate surface area is 111 Å². The molecule has 0 saturated heterocycles. The molecule has 1 aromatic rings. The van der Waals surface area contributed by atoms with Gasteiger partial charge in [0.1, 0.15) is 5.82 Å². The Morgan fingerprint density at radius 2 is 2.17 bits per heavy atom. The molecular weight excluding hydrogens is 255 g/mol. The molecule has 0 spiro atoms. The van der Waals surface area contributed by atoms with Gasteiger partial charge in [-0.3, -0.25) is 4.79 Å². The summed E-state index contributed by atoms with van der Waals surface area (Å²) in [5.74, 6) is -0.516. The van der Waals surface area contributed by atoms with Crippen LogP contribution < -0.4 is 10.2 Å². The normalized spacial score (nSPS) is 16.1. The highest BCUT2D eigenvalue weighted by atomic mass is 35.5. The third-order valence-corrected chi connectivity index (χ3v) is 3.34. The summed E-state index contributed by atoms with van der Waals surface area (Å²) in [5.41, 5.74) is 1.28. The lowest BCUT2D eigenvalue weighted by molar-refractivity contribution is -0.116. The second kappa shape index (κ2) is 5.14. The Hall–Kier alpha value is -1.29. The highest BCUT2D eigenvalue weighted by Crippen LogP contribution is 2.34. The van der Waals surface area contributed by atoms with Crippen LogP contribution in [-0.2, 0) is 4.79 Å². The van der Waals surface area contributed by atoms with E-state index >= 15 is 0 Å². The van der Waals surface area contributed by atoms with Gasteiger partial charge in [0.15, 0.2) is 0 Å². The number of nitrogens with one attached hydrogen (secondary N) is 1. The summed E-state index contributed by atoms with van der Waals surface area (Å²) in [4.78, 5) is 13.7. The van der Waals surface area contributed by atoms with Crippen molar-refractivity contribution in [2.75, 3.05) is 16.8 Å². The molecule has 1 N–H and O–H groups in total. The summed E-state index contributed by atoms with van der Waals surface area (Å²) >= 11 is 5.77. The van der Waals surface area contributed by atoms with Crippen molar-refractivity contribution in [2.24, 2.45) is 0 Å². The number of fused-ring (bicyclic) bond motifs is 1. The van der Waals surface area contributed by atoms with Gasteiger partial charge in [0, 0.05) is 25.1 Å². The quantitative estimate of drug-likeness (QED) is 0.848. The minimum atomic E-state index is -0.462. The summed E-state index contributed by atoms with van der Waals surface area (Å²) < 4.78 is 13.6. The van der Waals surface area contributed by atoms with Crippen LogP contribution in [0.15, 0.2) is 12.1 Å². The summed E-state index contributed by atoms with van der Waals surface area (Å²) in [6.07, 6.45) is 1.23. The molecule has 0 aromatic heterocycles. The van der Waals surface area contributed by atoms with Gasteiger partial charge in [0.2, 0.25) is 5.91 Å². The number of carbonyl (C=O) groups excluding carboxylic acids is 1. The fourth-order valence-corrected chi connectivity index (χ4v) is 2.32. The van der Waals surface area contributed by atoms with Gasteiger partial charge in [-0.2, -0.15) is 0 Å². The molecule has 0 saturated carbocycles. The minimum absolute atomic E-state index is 0.0262. The lowest BCUT2D eigenvalue weighted by Crippen LogP contribution is -2.35. The van der Waals surface area contributed by atoms with E-state index in [1.807, 2.05) is 13.8 Å². The van der Waals surface area contributed by atoms with E-state index in [1.54, 1.807) is 0 Å². The Kier molecular flexibility index (Phi) is 3.76. The lowest BCUT2D eigenvalue weighted by Gasteiger charge is -2.32. The first-order valence-electron chi connectivity index (χ1n) is 6.04. The number of benzene rings is 1. The van der Waals surface area contributed by atoms with Crippen molar-refractivity contribution in [3.8, 4) is 0 Å². The molecule has 98 valence electrons. The molecule has 0 bridgehead atoms. The standard InChI is InChI=1S/C13H16ClFN2O/c1-8(2)17-5-3-4-13(18)16-11-6-9(14)10(15)7-12(11)17/h6-8H,3-5H2,1-2H3,(H,16,18). The predicted molar refractivity (Wildman–Crippen MR) is 71.8 cm³/mol. The first-order chi connectivity index (χ1) is 8.49. The third-order valence-electron chi connectivity index (χ3n) is 3.05. The fraction of sp³-hybridized carbons (Fsp3) is 0.462. The molecule has 3 nitrogen and oxygen atoms in total. The van der Waals surface area contributed by atoms with Gasteiger partial charge in [-0.1, -0.05) is 11.6 Å². The Morgan fingerprint density at radius 3 is 2.83 bits per heavy atom. The van der Waals surface area contributed by atoms with Crippen molar-refractivity contribution in [1.82, 2.24) is 0 Å². The number of halogens is 2. The van der Waals surface area contributed by atoms with Crippen LogP contribution in [0.1, 0.15) is 26.7 Å². The first kappa shape index (κ1) is 13.1. The molecule has 1 amide bonds. The lowest BCUT2D eigenvalue weighted by atomic mass is 10.1. The van der Waals surface area contributed by atoms with E-state index in [2.05, 4.69) is 10.2 Å². The molecule has 0 atom stereocenters. The zero-order valence-electron chi connectivity index (χ0n) is 10.5. The Morgan fingerprint density at radius 1 is 1.44 bits per heavy atom. The highest BCUT2D eigenvalue weighted by Gasteiger charge is 2.21. The fourth-order valence-electron chi connectivity index (χ4n) is 2.15. The Balaban J connectivity index is 2.51. The van der Waals surface area contributed by atoms with Gasteiger partial charge in [0.25, 0.3) is 0 Å². The van der Waals surface area contributed by atoms with Crippen LogP contribution in [0.4, 0.5) is 15.8 Å². The summed E-state index contributed by atoms with van der Waals surface area (Å²) in [5, 5.41) is 2.81. The first-order valence-corrected chi connectivity index (χ1v) is 6.42. The molecule has 1 aliphatic heterocycles. The maximum atomic E-state index is 13.6. The predicted octanol–water partition coefficient (Wildman–Crippen LogP) is 3.43. The number of anilines is 2. The van der Waals surface area contributed by atoms with Gasteiger partial charge in [-0.25, -0.2) is 4.39 Å². The molecule has 0 aliphatic carbocycles. The van der Waals surface area contributed by atoms with Crippen LogP contribution in [0.5, 0.6) is 0 Å². The molecule has 0 radical (unpaired) electrons. The second-order valence-corrected chi connectivity index (χ2v) is 5.13. The van der Waals surface area contributed by atoms with E-state index in [4.69, 9.17) is 11.6 Å². The van der Waals surface area contributed by atoms with E-state index in [-0.39, 0.29) is 17.0 Å². The van der Waals surface area contributed by atoms with Gasteiger partial charge in [0.05, 0.1) is 16.4 Å².